The van der Waals surface area contributed by atoms with Gasteiger partial charge in [-0.05, 0) is 50.8 Å². The van der Waals surface area contributed by atoms with E-state index in [1.165, 1.54) is 29.0 Å². The summed E-state index contributed by atoms with van der Waals surface area (Å²) in [7, 11) is -1.24. The molecule has 1 N–H and O–H groups in total. The number of aryl methyl sites for hydroxylation is 2. The second-order valence-electron chi connectivity index (χ2n) is 8.43. The van der Waals surface area contributed by atoms with E-state index in [2.05, 4.69) is 26.1 Å². The zero-order chi connectivity index (χ0) is 19.2. The predicted octanol–water partition coefficient (Wildman–Crippen LogP) is -0.128. The minimum atomic E-state index is -3.24. The molecule has 0 bridgehead atoms. The molecular formula is C18H29N5O3S. The maximum absolute atomic E-state index is 11.7. The number of aromatic nitrogens is 2. The van der Waals surface area contributed by atoms with Crippen molar-refractivity contribution in [2.75, 3.05) is 50.9 Å². The van der Waals surface area contributed by atoms with Crippen molar-refractivity contribution in [3.05, 3.63) is 17.3 Å². The fraction of sp³-hybridized carbons (Fsp3) is 0.778. The fourth-order valence-electron chi connectivity index (χ4n) is 4.38. The Morgan fingerprint density at radius 1 is 1.30 bits per heavy atom. The van der Waals surface area contributed by atoms with Crippen LogP contribution < -0.4 is 4.90 Å². The molecule has 4 rings (SSSR count). The van der Waals surface area contributed by atoms with Crippen LogP contribution in [0.1, 0.15) is 30.5 Å². The second kappa shape index (κ2) is 6.95. The lowest BCUT2D eigenvalue weighted by Crippen LogP contribution is -2.61. The first-order chi connectivity index (χ1) is 12.7. The zero-order valence-corrected chi connectivity index (χ0v) is 17.0. The second-order valence-corrected chi connectivity index (χ2v) is 10.4. The molecular weight excluding hydrogens is 366 g/mol. The van der Waals surface area contributed by atoms with Crippen molar-refractivity contribution in [3.63, 3.8) is 0 Å². The zero-order valence-electron chi connectivity index (χ0n) is 16.1. The Kier molecular flexibility index (Phi) is 4.90. The van der Waals surface area contributed by atoms with Crippen LogP contribution in [0.3, 0.4) is 0 Å². The highest BCUT2D eigenvalue weighted by Gasteiger charge is 2.42. The minimum Gasteiger partial charge on any atom is -0.387 e. The van der Waals surface area contributed by atoms with E-state index in [1.54, 1.807) is 0 Å². The summed E-state index contributed by atoms with van der Waals surface area (Å²) < 4.78 is 24.8. The van der Waals surface area contributed by atoms with Crippen molar-refractivity contribution >= 4 is 15.8 Å². The van der Waals surface area contributed by atoms with Crippen molar-refractivity contribution in [3.8, 4) is 0 Å². The number of β-amino-alcohol motifs (C(OH)–C–C–N with tert-alkyl or cyclic N) is 1. The Labute approximate surface area is 161 Å². The summed E-state index contributed by atoms with van der Waals surface area (Å²) in [6.45, 7) is 2.77. The molecule has 1 aromatic rings. The van der Waals surface area contributed by atoms with Crippen LogP contribution in [0, 0.1) is 0 Å². The molecule has 1 atom stereocenters. The first kappa shape index (κ1) is 19.0. The molecule has 0 radical (unpaired) electrons. The fourth-order valence-corrected chi connectivity index (χ4v) is 5.28. The number of likely N-dealkylation sites (N-methyl/N-ethyl adjacent to an activating group) is 1. The number of fused-ring (bicyclic) bond motifs is 1. The van der Waals surface area contributed by atoms with Gasteiger partial charge in [-0.25, -0.2) is 8.42 Å². The van der Waals surface area contributed by atoms with Gasteiger partial charge in [-0.2, -0.15) is 9.40 Å². The summed E-state index contributed by atoms with van der Waals surface area (Å²) in [4.78, 5) is 4.37. The smallest absolute Gasteiger partial charge is 0.211 e. The van der Waals surface area contributed by atoms with E-state index in [1.807, 2.05) is 7.05 Å². The van der Waals surface area contributed by atoms with Crippen LogP contribution in [-0.2, 0) is 22.9 Å². The standard InChI is InChI=1S/C18H29N5O3S/c1-21(12-18(24)7-8-23(13-18)27(2,25)26)15-10-22(11-15)17-9-14-5-3-4-6-16(14)19-20-17/h9,15,24H,3-8,10-13H2,1-2H3. The molecule has 3 heterocycles. The molecule has 2 fully saturated rings. The monoisotopic (exact) mass is 395 g/mol. The van der Waals surface area contributed by atoms with Gasteiger partial charge in [-0.3, -0.25) is 4.90 Å². The molecule has 2 saturated heterocycles. The van der Waals surface area contributed by atoms with E-state index in [0.29, 0.717) is 25.6 Å². The summed E-state index contributed by atoms with van der Waals surface area (Å²) in [5.74, 6) is 0.947. The number of hydrogen-bond acceptors (Lipinski definition) is 7. The molecule has 0 saturated carbocycles. The van der Waals surface area contributed by atoms with Crippen LogP contribution in [0.15, 0.2) is 6.07 Å². The third-order valence-corrected chi connectivity index (χ3v) is 7.43. The van der Waals surface area contributed by atoms with E-state index in [9.17, 15) is 13.5 Å². The van der Waals surface area contributed by atoms with Crippen molar-refractivity contribution in [2.24, 2.45) is 0 Å². The number of anilines is 1. The summed E-state index contributed by atoms with van der Waals surface area (Å²) in [5.41, 5.74) is 1.52. The highest BCUT2D eigenvalue weighted by Crippen LogP contribution is 2.28. The lowest BCUT2D eigenvalue weighted by Gasteiger charge is -2.46. The average Bonchev–Trinajstić information content (AvgIpc) is 2.95. The summed E-state index contributed by atoms with van der Waals surface area (Å²) in [6, 6.07) is 2.52. The number of hydrogen-bond donors (Lipinski definition) is 1. The Hall–Kier alpha value is -1.29. The number of aliphatic hydroxyl groups is 1. The van der Waals surface area contributed by atoms with Gasteiger partial charge < -0.3 is 10.0 Å². The normalized spacial score (nSPS) is 27.0. The first-order valence-corrected chi connectivity index (χ1v) is 11.6. The van der Waals surface area contributed by atoms with Gasteiger partial charge in [0.05, 0.1) is 17.6 Å². The van der Waals surface area contributed by atoms with Crippen molar-refractivity contribution in [2.45, 2.75) is 43.7 Å². The number of nitrogens with zero attached hydrogens (tertiary/aromatic N) is 5. The average molecular weight is 396 g/mol. The third kappa shape index (κ3) is 3.96. The van der Waals surface area contributed by atoms with Gasteiger partial charge in [0.25, 0.3) is 0 Å². The molecule has 3 aliphatic rings. The Bertz CT molecular complexity index is 811. The molecule has 8 nitrogen and oxygen atoms in total. The molecule has 150 valence electrons. The van der Waals surface area contributed by atoms with E-state index in [4.69, 9.17) is 0 Å². The van der Waals surface area contributed by atoms with Gasteiger partial charge in [0.1, 0.15) is 0 Å². The van der Waals surface area contributed by atoms with Gasteiger partial charge in [-0.15, -0.1) is 5.10 Å². The number of sulfonamides is 1. The minimum absolute atomic E-state index is 0.183. The third-order valence-electron chi connectivity index (χ3n) is 6.18. The quantitative estimate of drug-likeness (QED) is 0.743. The Balaban J connectivity index is 1.32. The van der Waals surface area contributed by atoms with E-state index < -0.39 is 15.6 Å². The Morgan fingerprint density at radius 3 is 2.74 bits per heavy atom. The maximum atomic E-state index is 11.7. The van der Waals surface area contributed by atoms with Crippen molar-refractivity contribution in [1.82, 2.24) is 19.4 Å². The van der Waals surface area contributed by atoms with Crippen LogP contribution in [0.5, 0.6) is 0 Å². The van der Waals surface area contributed by atoms with Crippen LogP contribution in [0.25, 0.3) is 0 Å². The van der Waals surface area contributed by atoms with Gasteiger partial charge in [-0.1, -0.05) is 0 Å². The summed E-state index contributed by atoms with van der Waals surface area (Å²) in [5, 5.41) is 19.6. The molecule has 1 aliphatic carbocycles. The van der Waals surface area contributed by atoms with E-state index in [0.717, 1.165) is 37.4 Å². The van der Waals surface area contributed by atoms with Gasteiger partial charge in [0.2, 0.25) is 10.0 Å². The summed E-state index contributed by atoms with van der Waals surface area (Å²) in [6.07, 6.45) is 6.25. The SMILES string of the molecule is CN(CC1(O)CCN(S(C)(=O)=O)C1)C1CN(c2cc3c(nn2)CCCC3)C1. The molecule has 27 heavy (non-hydrogen) atoms. The first-order valence-electron chi connectivity index (χ1n) is 9.72. The highest BCUT2D eigenvalue weighted by atomic mass is 32.2. The topological polar surface area (TPSA) is 89.9 Å². The van der Waals surface area contributed by atoms with Crippen LogP contribution >= 0.6 is 0 Å². The lowest BCUT2D eigenvalue weighted by atomic mass is 9.96. The summed E-state index contributed by atoms with van der Waals surface area (Å²) >= 11 is 0. The van der Waals surface area contributed by atoms with Crippen molar-refractivity contribution < 1.29 is 13.5 Å². The molecule has 0 aromatic carbocycles. The Morgan fingerprint density at radius 2 is 2.04 bits per heavy atom. The predicted molar refractivity (Wildman–Crippen MR) is 103 cm³/mol. The molecule has 2 aliphatic heterocycles. The maximum Gasteiger partial charge on any atom is 0.211 e. The molecule has 9 heteroatoms. The lowest BCUT2D eigenvalue weighted by molar-refractivity contribution is 0.00864. The van der Waals surface area contributed by atoms with E-state index in [-0.39, 0.29) is 6.54 Å². The van der Waals surface area contributed by atoms with E-state index >= 15 is 0 Å². The molecule has 1 aromatic heterocycles. The van der Waals surface area contributed by atoms with Gasteiger partial charge >= 0.3 is 0 Å². The number of rotatable bonds is 5. The van der Waals surface area contributed by atoms with Crippen LogP contribution in [0.2, 0.25) is 0 Å². The van der Waals surface area contributed by atoms with Crippen molar-refractivity contribution in [1.29, 1.82) is 0 Å². The van der Waals surface area contributed by atoms with Gasteiger partial charge in [0, 0.05) is 38.8 Å². The molecule has 0 amide bonds. The largest absolute Gasteiger partial charge is 0.387 e. The van der Waals surface area contributed by atoms with Gasteiger partial charge in [0.15, 0.2) is 5.82 Å². The van der Waals surface area contributed by atoms with Crippen LogP contribution in [-0.4, -0.2) is 90.6 Å². The highest BCUT2D eigenvalue weighted by molar-refractivity contribution is 7.88. The van der Waals surface area contributed by atoms with Crippen LogP contribution in [0.4, 0.5) is 5.82 Å². The molecule has 1 unspecified atom stereocenters. The molecule has 0 spiro atoms.